The maximum absolute atomic E-state index is 5.20. The van der Waals surface area contributed by atoms with Crippen molar-refractivity contribution in [3.05, 3.63) is 29.8 Å². The third kappa shape index (κ3) is 5.54. The molecule has 1 rings (SSSR count). The lowest BCUT2D eigenvalue weighted by atomic mass is 10.1. The van der Waals surface area contributed by atoms with Crippen LogP contribution in [0.3, 0.4) is 0 Å². The average molecular weight is 252 g/mol. The molecule has 0 aliphatic rings. The summed E-state index contributed by atoms with van der Waals surface area (Å²) in [6.45, 7) is 6.95. The molecule has 0 aromatic heterocycles. The highest BCUT2D eigenvalue weighted by Crippen LogP contribution is 2.10. The number of ether oxygens (including phenoxy) is 1. The maximum atomic E-state index is 5.20. The number of benzene rings is 1. The van der Waals surface area contributed by atoms with Crippen molar-refractivity contribution in [1.29, 1.82) is 0 Å². The van der Waals surface area contributed by atoms with Crippen LogP contribution in [0.4, 0.5) is 0 Å². The molecule has 0 spiro atoms. The molecular formula is C13H20N2OS. The predicted octanol–water partition coefficient (Wildman–Crippen LogP) is 2.46. The maximum Gasteiger partial charge on any atom is 0.166 e. The van der Waals surface area contributed by atoms with E-state index < -0.39 is 0 Å². The molecule has 2 N–H and O–H groups in total. The predicted molar refractivity (Wildman–Crippen MR) is 75.3 cm³/mol. The number of methoxy groups -OCH3 is 1. The summed E-state index contributed by atoms with van der Waals surface area (Å²) in [5, 5.41) is 7.05. The van der Waals surface area contributed by atoms with Crippen LogP contribution in [0.1, 0.15) is 26.3 Å². The average Bonchev–Trinajstić information content (AvgIpc) is 2.25. The Morgan fingerprint density at radius 3 is 2.29 bits per heavy atom. The Kier molecular flexibility index (Phi) is 4.75. The molecule has 0 unspecified atom stereocenters. The Hall–Kier alpha value is -1.29. The topological polar surface area (TPSA) is 33.3 Å². The van der Waals surface area contributed by atoms with Crippen LogP contribution in [0.25, 0.3) is 0 Å². The Morgan fingerprint density at radius 1 is 1.24 bits per heavy atom. The first-order valence-electron chi connectivity index (χ1n) is 5.59. The molecule has 0 saturated carbocycles. The summed E-state index contributed by atoms with van der Waals surface area (Å²) >= 11 is 5.20. The van der Waals surface area contributed by atoms with Gasteiger partial charge >= 0.3 is 0 Å². The molecule has 0 aliphatic heterocycles. The van der Waals surface area contributed by atoms with Crippen molar-refractivity contribution >= 4 is 17.3 Å². The molecule has 0 heterocycles. The summed E-state index contributed by atoms with van der Waals surface area (Å²) in [6.07, 6.45) is 0. The van der Waals surface area contributed by atoms with Crippen molar-refractivity contribution in [2.75, 3.05) is 7.11 Å². The lowest BCUT2D eigenvalue weighted by Crippen LogP contribution is -2.45. The van der Waals surface area contributed by atoms with Crippen LogP contribution >= 0.6 is 12.2 Å². The van der Waals surface area contributed by atoms with Crippen molar-refractivity contribution in [3.8, 4) is 5.75 Å². The first-order valence-corrected chi connectivity index (χ1v) is 6.00. The van der Waals surface area contributed by atoms with E-state index in [4.69, 9.17) is 17.0 Å². The van der Waals surface area contributed by atoms with Gasteiger partial charge < -0.3 is 15.4 Å². The zero-order valence-corrected chi connectivity index (χ0v) is 11.6. The van der Waals surface area contributed by atoms with Crippen molar-refractivity contribution in [3.63, 3.8) is 0 Å². The second-order valence-electron chi connectivity index (χ2n) is 4.91. The van der Waals surface area contributed by atoms with Gasteiger partial charge in [0, 0.05) is 12.1 Å². The minimum atomic E-state index is -0.00993. The van der Waals surface area contributed by atoms with E-state index in [-0.39, 0.29) is 5.54 Å². The van der Waals surface area contributed by atoms with Gasteiger partial charge in [-0.1, -0.05) is 12.1 Å². The second-order valence-corrected chi connectivity index (χ2v) is 5.31. The van der Waals surface area contributed by atoms with Crippen LogP contribution in [0.5, 0.6) is 5.75 Å². The zero-order chi connectivity index (χ0) is 12.9. The highest BCUT2D eigenvalue weighted by molar-refractivity contribution is 7.80. The Morgan fingerprint density at radius 2 is 1.82 bits per heavy atom. The Labute approximate surface area is 109 Å². The molecule has 0 radical (unpaired) electrons. The molecule has 0 aliphatic carbocycles. The van der Waals surface area contributed by atoms with Crippen LogP contribution in [-0.4, -0.2) is 17.8 Å². The van der Waals surface area contributed by atoms with Crippen molar-refractivity contribution < 1.29 is 4.74 Å². The largest absolute Gasteiger partial charge is 0.497 e. The minimum Gasteiger partial charge on any atom is -0.497 e. The van der Waals surface area contributed by atoms with Crippen LogP contribution in [0.2, 0.25) is 0 Å². The molecule has 0 bridgehead atoms. The van der Waals surface area contributed by atoms with Crippen molar-refractivity contribution in [2.45, 2.75) is 32.9 Å². The first-order chi connectivity index (χ1) is 7.90. The summed E-state index contributed by atoms with van der Waals surface area (Å²) in [5.74, 6) is 0.865. The highest BCUT2D eigenvalue weighted by Gasteiger charge is 2.10. The SMILES string of the molecule is COc1ccc(CNC(=S)NC(C)(C)C)cc1. The van der Waals surface area contributed by atoms with E-state index in [9.17, 15) is 0 Å². The first kappa shape index (κ1) is 13.8. The van der Waals surface area contributed by atoms with Gasteiger partial charge in [-0.25, -0.2) is 0 Å². The van der Waals surface area contributed by atoms with Gasteiger partial charge in [0.1, 0.15) is 5.75 Å². The molecule has 1 aromatic rings. The molecule has 0 atom stereocenters. The fourth-order valence-electron chi connectivity index (χ4n) is 1.31. The Balaban J connectivity index is 2.42. The number of hydrogen-bond acceptors (Lipinski definition) is 2. The number of thiocarbonyl (C=S) groups is 1. The van der Waals surface area contributed by atoms with Gasteiger partial charge in [-0.05, 0) is 50.7 Å². The van der Waals surface area contributed by atoms with Gasteiger partial charge in [-0.15, -0.1) is 0 Å². The third-order valence-electron chi connectivity index (χ3n) is 2.10. The van der Waals surface area contributed by atoms with Crippen LogP contribution < -0.4 is 15.4 Å². The highest BCUT2D eigenvalue weighted by atomic mass is 32.1. The van der Waals surface area contributed by atoms with Gasteiger partial charge in [-0.2, -0.15) is 0 Å². The zero-order valence-electron chi connectivity index (χ0n) is 10.8. The van der Waals surface area contributed by atoms with E-state index >= 15 is 0 Å². The van der Waals surface area contributed by atoms with E-state index in [2.05, 4.69) is 31.4 Å². The molecule has 0 amide bonds. The molecular weight excluding hydrogens is 232 g/mol. The molecule has 94 valence electrons. The normalized spacial score (nSPS) is 10.8. The summed E-state index contributed by atoms with van der Waals surface area (Å²) in [6, 6.07) is 7.92. The third-order valence-corrected chi connectivity index (χ3v) is 2.35. The van der Waals surface area contributed by atoms with E-state index in [1.165, 1.54) is 5.56 Å². The van der Waals surface area contributed by atoms with Crippen LogP contribution in [0.15, 0.2) is 24.3 Å². The summed E-state index contributed by atoms with van der Waals surface area (Å²) in [7, 11) is 1.66. The molecule has 4 heteroatoms. The van der Waals surface area contributed by atoms with E-state index in [0.717, 1.165) is 5.75 Å². The van der Waals surface area contributed by atoms with Crippen molar-refractivity contribution in [1.82, 2.24) is 10.6 Å². The number of rotatable bonds is 3. The van der Waals surface area contributed by atoms with Gasteiger partial charge in [-0.3, -0.25) is 0 Å². The fraction of sp³-hybridized carbons (Fsp3) is 0.462. The van der Waals surface area contributed by atoms with E-state index in [1.54, 1.807) is 7.11 Å². The van der Waals surface area contributed by atoms with Gasteiger partial charge in [0.25, 0.3) is 0 Å². The number of hydrogen-bond donors (Lipinski definition) is 2. The summed E-state index contributed by atoms with van der Waals surface area (Å²) in [5.41, 5.74) is 1.16. The second kappa shape index (κ2) is 5.87. The van der Waals surface area contributed by atoms with Crippen LogP contribution in [0, 0.1) is 0 Å². The number of nitrogens with one attached hydrogen (secondary N) is 2. The van der Waals surface area contributed by atoms with E-state index in [0.29, 0.717) is 11.7 Å². The van der Waals surface area contributed by atoms with Gasteiger partial charge in [0.05, 0.1) is 7.11 Å². The molecule has 17 heavy (non-hydrogen) atoms. The van der Waals surface area contributed by atoms with Crippen LogP contribution in [-0.2, 0) is 6.54 Å². The monoisotopic (exact) mass is 252 g/mol. The molecule has 0 saturated heterocycles. The lowest BCUT2D eigenvalue weighted by Gasteiger charge is -2.23. The minimum absolute atomic E-state index is 0.00993. The lowest BCUT2D eigenvalue weighted by molar-refractivity contribution is 0.414. The molecule has 3 nitrogen and oxygen atoms in total. The van der Waals surface area contributed by atoms with Gasteiger partial charge in [0.15, 0.2) is 5.11 Å². The summed E-state index contributed by atoms with van der Waals surface area (Å²) in [4.78, 5) is 0. The van der Waals surface area contributed by atoms with Gasteiger partial charge in [0.2, 0.25) is 0 Å². The van der Waals surface area contributed by atoms with E-state index in [1.807, 2.05) is 24.3 Å². The quantitative estimate of drug-likeness (QED) is 0.810. The molecule has 0 fully saturated rings. The smallest absolute Gasteiger partial charge is 0.166 e. The Bertz CT molecular complexity index is 368. The fourth-order valence-corrected chi connectivity index (χ4v) is 1.69. The van der Waals surface area contributed by atoms with Crippen molar-refractivity contribution in [2.24, 2.45) is 0 Å². The molecule has 1 aromatic carbocycles. The summed E-state index contributed by atoms with van der Waals surface area (Å²) < 4.78 is 5.10. The standard InChI is InChI=1S/C13H20N2OS/c1-13(2,3)15-12(17)14-9-10-5-7-11(16-4)8-6-10/h5-8H,9H2,1-4H3,(H2,14,15,17).